The van der Waals surface area contributed by atoms with Crippen molar-refractivity contribution in [3.8, 4) is 11.3 Å². The predicted molar refractivity (Wildman–Crippen MR) is 111 cm³/mol. The summed E-state index contributed by atoms with van der Waals surface area (Å²) >= 11 is 7.45. The van der Waals surface area contributed by atoms with Gasteiger partial charge in [-0.25, -0.2) is 17.7 Å². The molecule has 1 heterocycles. The molecule has 27 heavy (non-hydrogen) atoms. The summed E-state index contributed by atoms with van der Waals surface area (Å²) in [5, 5.41) is 7.19. The number of thiazole rings is 1. The number of sulfonamides is 1. The molecule has 1 N–H and O–H groups in total. The van der Waals surface area contributed by atoms with Crippen molar-refractivity contribution in [1.82, 2.24) is 9.29 Å². The topological polar surface area (TPSA) is 74.7 Å². The van der Waals surface area contributed by atoms with Crippen LogP contribution in [0.3, 0.4) is 0 Å². The Morgan fingerprint density at radius 2 is 1.96 bits per heavy atom. The first kappa shape index (κ1) is 19.5. The van der Waals surface area contributed by atoms with Crippen molar-refractivity contribution in [3.05, 3.63) is 64.5 Å². The molecule has 9 heteroatoms. The van der Waals surface area contributed by atoms with Crippen molar-refractivity contribution in [3.63, 3.8) is 0 Å². The van der Waals surface area contributed by atoms with E-state index in [1.54, 1.807) is 30.5 Å². The van der Waals surface area contributed by atoms with Crippen LogP contribution in [0.25, 0.3) is 11.3 Å². The van der Waals surface area contributed by atoms with Crippen LogP contribution in [-0.4, -0.2) is 38.0 Å². The fourth-order valence-corrected chi connectivity index (χ4v) is 4.02. The molecule has 0 spiro atoms. The summed E-state index contributed by atoms with van der Waals surface area (Å²) in [6.07, 6.45) is 1.62. The van der Waals surface area contributed by atoms with Gasteiger partial charge in [-0.1, -0.05) is 41.9 Å². The fraction of sp³-hybridized carbons (Fsp3) is 0.111. The Morgan fingerprint density at radius 1 is 1.19 bits per heavy atom. The number of hydrazone groups is 1. The Kier molecular flexibility index (Phi) is 5.91. The van der Waals surface area contributed by atoms with Gasteiger partial charge in [-0.15, -0.1) is 11.3 Å². The zero-order valence-electron chi connectivity index (χ0n) is 14.6. The van der Waals surface area contributed by atoms with E-state index in [1.807, 2.05) is 29.6 Å². The van der Waals surface area contributed by atoms with Crippen LogP contribution < -0.4 is 5.43 Å². The number of hydrogen-bond donors (Lipinski definition) is 1. The molecule has 0 unspecified atom stereocenters. The molecular formula is C18H17ClN4O2S2. The van der Waals surface area contributed by atoms with Crippen LogP contribution in [0.5, 0.6) is 0 Å². The van der Waals surface area contributed by atoms with Crippen LogP contribution in [0.2, 0.25) is 5.02 Å². The van der Waals surface area contributed by atoms with E-state index in [4.69, 9.17) is 11.6 Å². The lowest BCUT2D eigenvalue weighted by Crippen LogP contribution is -2.22. The number of benzene rings is 2. The lowest BCUT2D eigenvalue weighted by molar-refractivity contribution is 0.521. The van der Waals surface area contributed by atoms with Gasteiger partial charge in [0, 0.05) is 35.6 Å². The molecule has 0 aliphatic carbocycles. The number of anilines is 1. The van der Waals surface area contributed by atoms with Crippen LogP contribution in [-0.2, 0) is 10.0 Å². The van der Waals surface area contributed by atoms with Crippen molar-refractivity contribution in [2.24, 2.45) is 5.10 Å². The normalized spacial score (nSPS) is 12.0. The van der Waals surface area contributed by atoms with Crippen LogP contribution in [0.15, 0.2) is 63.9 Å². The minimum atomic E-state index is -3.49. The van der Waals surface area contributed by atoms with Crippen LogP contribution in [0, 0.1) is 0 Å². The van der Waals surface area contributed by atoms with E-state index in [9.17, 15) is 8.42 Å². The average molecular weight is 421 g/mol. The van der Waals surface area contributed by atoms with Crippen LogP contribution in [0.4, 0.5) is 5.13 Å². The third kappa shape index (κ3) is 4.54. The van der Waals surface area contributed by atoms with E-state index >= 15 is 0 Å². The highest BCUT2D eigenvalue weighted by Gasteiger charge is 2.18. The van der Waals surface area contributed by atoms with Gasteiger partial charge in [0.25, 0.3) is 0 Å². The van der Waals surface area contributed by atoms with Crippen LogP contribution in [0.1, 0.15) is 5.56 Å². The SMILES string of the molecule is CN(C)S(=O)(=O)c1cccc(-c2csc(N/N=C/c3ccccc3Cl)n2)c1. The highest BCUT2D eigenvalue weighted by Crippen LogP contribution is 2.27. The molecule has 0 radical (unpaired) electrons. The third-order valence-electron chi connectivity index (χ3n) is 3.68. The molecule has 3 rings (SSSR count). The molecular weight excluding hydrogens is 404 g/mol. The van der Waals surface area contributed by atoms with Crippen molar-refractivity contribution < 1.29 is 8.42 Å². The predicted octanol–water partition coefficient (Wildman–Crippen LogP) is 4.16. The summed E-state index contributed by atoms with van der Waals surface area (Å²) < 4.78 is 25.8. The molecule has 140 valence electrons. The molecule has 0 aliphatic rings. The summed E-state index contributed by atoms with van der Waals surface area (Å²) in [7, 11) is -0.485. The summed E-state index contributed by atoms with van der Waals surface area (Å²) in [4.78, 5) is 4.68. The number of hydrogen-bond acceptors (Lipinski definition) is 6. The summed E-state index contributed by atoms with van der Waals surface area (Å²) in [6.45, 7) is 0. The maximum absolute atomic E-state index is 12.3. The Morgan fingerprint density at radius 3 is 2.70 bits per heavy atom. The van der Waals surface area contributed by atoms with Gasteiger partial charge in [0.15, 0.2) is 0 Å². The number of nitrogens with zero attached hydrogens (tertiary/aromatic N) is 3. The molecule has 0 atom stereocenters. The van der Waals surface area contributed by atoms with Gasteiger partial charge in [0.2, 0.25) is 15.2 Å². The smallest absolute Gasteiger partial charge is 0.242 e. The highest BCUT2D eigenvalue weighted by molar-refractivity contribution is 7.89. The van der Waals surface area contributed by atoms with E-state index < -0.39 is 10.0 Å². The monoisotopic (exact) mass is 420 g/mol. The summed E-state index contributed by atoms with van der Waals surface area (Å²) in [6, 6.07) is 14.1. The van der Waals surface area contributed by atoms with E-state index in [2.05, 4.69) is 15.5 Å². The highest BCUT2D eigenvalue weighted by atomic mass is 35.5. The lowest BCUT2D eigenvalue weighted by Gasteiger charge is -2.11. The van der Waals surface area contributed by atoms with Gasteiger partial charge in [0.1, 0.15) is 0 Å². The zero-order chi connectivity index (χ0) is 19.4. The second kappa shape index (κ2) is 8.18. The second-order valence-corrected chi connectivity index (χ2v) is 9.16. The molecule has 2 aromatic carbocycles. The minimum Gasteiger partial charge on any atom is -0.253 e. The molecule has 3 aromatic rings. The van der Waals surface area contributed by atoms with Gasteiger partial charge in [-0.2, -0.15) is 5.10 Å². The van der Waals surface area contributed by atoms with Crippen molar-refractivity contribution in [2.45, 2.75) is 4.90 Å². The molecule has 0 fully saturated rings. The molecule has 6 nitrogen and oxygen atoms in total. The van der Waals surface area contributed by atoms with Gasteiger partial charge in [-0.3, -0.25) is 5.43 Å². The first-order valence-corrected chi connectivity index (χ1v) is 10.6. The fourth-order valence-electron chi connectivity index (χ4n) is 2.22. The maximum Gasteiger partial charge on any atom is 0.242 e. The standard InChI is InChI=1S/C18H17ClN4O2S2/c1-23(2)27(24,25)15-8-5-7-13(10-15)17-12-26-18(21-17)22-20-11-14-6-3-4-9-16(14)19/h3-12H,1-2H3,(H,21,22)/b20-11+. The van der Waals surface area contributed by atoms with E-state index in [1.165, 1.54) is 29.7 Å². The van der Waals surface area contributed by atoms with Crippen molar-refractivity contribution in [2.75, 3.05) is 19.5 Å². The average Bonchev–Trinajstić information content (AvgIpc) is 3.12. The van der Waals surface area contributed by atoms with E-state index in [0.29, 0.717) is 15.8 Å². The first-order valence-electron chi connectivity index (χ1n) is 7.90. The number of halogens is 1. The Balaban J connectivity index is 1.77. The Hall–Kier alpha value is -2.26. The van der Waals surface area contributed by atoms with Crippen molar-refractivity contribution in [1.29, 1.82) is 0 Å². The van der Waals surface area contributed by atoms with Gasteiger partial charge >= 0.3 is 0 Å². The molecule has 0 bridgehead atoms. The molecule has 1 aromatic heterocycles. The quantitative estimate of drug-likeness (QED) is 0.480. The van der Waals surface area contributed by atoms with Gasteiger partial charge in [-0.05, 0) is 18.2 Å². The molecule has 0 amide bonds. The maximum atomic E-state index is 12.3. The van der Waals surface area contributed by atoms with Gasteiger partial charge < -0.3 is 0 Å². The second-order valence-electron chi connectivity index (χ2n) is 5.74. The molecule has 0 saturated carbocycles. The summed E-state index contributed by atoms with van der Waals surface area (Å²) in [5.41, 5.74) is 5.05. The largest absolute Gasteiger partial charge is 0.253 e. The molecule has 0 aliphatic heterocycles. The molecule has 0 saturated heterocycles. The van der Waals surface area contributed by atoms with E-state index in [-0.39, 0.29) is 4.90 Å². The zero-order valence-corrected chi connectivity index (χ0v) is 17.0. The van der Waals surface area contributed by atoms with Gasteiger partial charge in [0.05, 0.1) is 16.8 Å². The minimum absolute atomic E-state index is 0.226. The number of aromatic nitrogens is 1. The van der Waals surface area contributed by atoms with Crippen LogP contribution >= 0.6 is 22.9 Å². The van der Waals surface area contributed by atoms with Crippen molar-refractivity contribution >= 4 is 44.3 Å². The van der Waals surface area contributed by atoms with E-state index in [0.717, 1.165) is 11.1 Å². The summed E-state index contributed by atoms with van der Waals surface area (Å²) in [5.74, 6) is 0. The number of rotatable bonds is 6. The Bertz CT molecular complexity index is 1080. The third-order valence-corrected chi connectivity index (χ3v) is 6.58. The first-order chi connectivity index (χ1) is 12.9. The Labute approximate surface area is 167 Å². The number of nitrogens with one attached hydrogen (secondary N) is 1. The lowest BCUT2D eigenvalue weighted by atomic mass is 10.2.